The number of ether oxygens (including phenoxy) is 2. The van der Waals surface area contributed by atoms with Gasteiger partial charge in [-0.25, -0.2) is 0 Å². The molecule has 1 aliphatic heterocycles. The number of halogens is 1. The van der Waals surface area contributed by atoms with Gasteiger partial charge in [-0.1, -0.05) is 36.2 Å². The lowest BCUT2D eigenvalue weighted by molar-refractivity contribution is -0.136. The van der Waals surface area contributed by atoms with Gasteiger partial charge in [0.1, 0.15) is 11.5 Å². The fraction of sp³-hybridized carbons (Fsp3) is 0.406. The highest BCUT2D eigenvalue weighted by molar-refractivity contribution is 7.97. The smallest absolute Gasteiger partial charge is 0.307 e. The number of hydrogen-bond donors (Lipinski definition) is 2. The van der Waals surface area contributed by atoms with E-state index in [0.717, 1.165) is 58.7 Å². The molecule has 1 saturated carbocycles. The normalized spacial score (nSPS) is 19.7. The first kappa shape index (κ1) is 28.7. The zero-order valence-corrected chi connectivity index (χ0v) is 24.5. The van der Waals surface area contributed by atoms with Crippen molar-refractivity contribution in [3.8, 4) is 11.5 Å². The average molecular weight is 581 g/mol. The molecule has 40 heavy (non-hydrogen) atoms. The topological polar surface area (TPSA) is 85.0 Å². The highest BCUT2D eigenvalue weighted by atomic mass is 35.5. The summed E-state index contributed by atoms with van der Waals surface area (Å²) in [5.41, 5.74) is 4.69. The predicted octanol–water partition coefficient (Wildman–Crippen LogP) is 6.90. The molecule has 212 valence electrons. The summed E-state index contributed by atoms with van der Waals surface area (Å²) in [6, 6.07) is 19.8. The van der Waals surface area contributed by atoms with Crippen LogP contribution in [0.5, 0.6) is 11.5 Å². The van der Waals surface area contributed by atoms with E-state index in [4.69, 9.17) is 31.3 Å². The second-order valence-corrected chi connectivity index (χ2v) is 12.3. The fourth-order valence-electron chi connectivity index (χ4n) is 5.94. The minimum atomic E-state index is -0.809. The van der Waals surface area contributed by atoms with Crippen LogP contribution in [-0.4, -0.2) is 37.9 Å². The first-order valence-electron chi connectivity index (χ1n) is 13.9. The van der Waals surface area contributed by atoms with E-state index in [-0.39, 0.29) is 11.8 Å². The Morgan fingerprint density at radius 1 is 1.18 bits per heavy atom. The SMILES string of the molecule is CN1C[C@@]2(CCCc3cc(Cl)ccc32)COc2ccc(SN)cc21.O=C(O)Cc1cccc(OCC2CCC2)c1. The molecule has 3 aromatic carbocycles. The van der Waals surface area contributed by atoms with Crippen molar-refractivity contribution in [1.29, 1.82) is 0 Å². The van der Waals surface area contributed by atoms with Gasteiger partial charge in [-0.15, -0.1) is 0 Å². The second-order valence-electron chi connectivity index (χ2n) is 11.2. The minimum Gasteiger partial charge on any atom is -0.493 e. The van der Waals surface area contributed by atoms with Gasteiger partial charge in [0.05, 0.1) is 25.3 Å². The van der Waals surface area contributed by atoms with Gasteiger partial charge >= 0.3 is 5.97 Å². The van der Waals surface area contributed by atoms with Crippen LogP contribution in [0.4, 0.5) is 5.69 Å². The second kappa shape index (κ2) is 12.8. The van der Waals surface area contributed by atoms with E-state index in [1.807, 2.05) is 42.5 Å². The van der Waals surface area contributed by atoms with Crippen molar-refractivity contribution in [2.45, 2.75) is 55.3 Å². The number of likely N-dealkylation sites (N-methyl/N-ethyl adjacent to an activating group) is 1. The number of carboxylic acids is 1. The Hall–Kier alpha value is -2.87. The predicted molar refractivity (Wildman–Crippen MR) is 162 cm³/mol. The summed E-state index contributed by atoms with van der Waals surface area (Å²) in [5.74, 6) is 1.61. The van der Waals surface area contributed by atoms with Gasteiger partial charge in [0, 0.05) is 28.9 Å². The van der Waals surface area contributed by atoms with E-state index in [1.54, 1.807) is 0 Å². The number of fused-ring (bicyclic) bond motifs is 3. The third kappa shape index (κ3) is 6.70. The first-order valence-corrected chi connectivity index (χ1v) is 15.2. The molecule has 3 aromatic rings. The molecule has 1 spiro atoms. The number of carboxylic acid groups (broad SMARTS) is 1. The number of hydrogen-bond acceptors (Lipinski definition) is 6. The van der Waals surface area contributed by atoms with E-state index >= 15 is 0 Å². The molecule has 1 heterocycles. The van der Waals surface area contributed by atoms with Crippen molar-refractivity contribution >= 4 is 35.2 Å². The van der Waals surface area contributed by atoms with Crippen molar-refractivity contribution in [3.63, 3.8) is 0 Å². The largest absolute Gasteiger partial charge is 0.493 e. The van der Waals surface area contributed by atoms with Crippen molar-refractivity contribution in [1.82, 2.24) is 0 Å². The third-order valence-electron chi connectivity index (χ3n) is 8.23. The summed E-state index contributed by atoms with van der Waals surface area (Å²) < 4.78 is 11.9. The molecule has 3 N–H and O–H groups in total. The van der Waals surface area contributed by atoms with Gasteiger partial charge in [0.2, 0.25) is 0 Å². The Morgan fingerprint density at radius 2 is 2.02 bits per heavy atom. The molecule has 0 saturated heterocycles. The van der Waals surface area contributed by atoms with E-state index in [0.29, 0.717) is 12.5 Å². The molecule has 1 fully saturated rings. The number of carbonyl (C=O) groups is 1. The van der Waals surface area contributed by atoms with Crippen molar-refractivity contribution in [2.24, 2.45) is 11.1 Å². The van der Waals surface area contributed by atoms with Gasteiger partial charge in [-0.3, -0.25) is 9.93 Å². The molecule has 6 rings (SSSR count). The van der Waals surface area contributed by atoms with Crippen LogP contribution in [0.3, 0.4) is 0 Å². The number of anilines is 1. The van der Waals surface area contributed by atoms with Crippen LogP contribution in [-0.2, 0) is 23.1 Å². The molecular weight excluding hydrogens is 544 g/mol. The first-order chi connectivity index (χ1) is 19.3. The quantitative estimate of drug-likeness (QED) is 0.307. The van der Waals surface area contributed by atoms with Crippen LogP contribution < -0.4 is 19.5 Å². The summed E-state index contributed by atoms with van der Waals surface area (Å²) in [6.07, 6.45) is 7.29. The van der Waals surface area contributed by atoms with E-state index < -0.39 is 5.97 Å². The van der Waals surface area contributed by atoms with E-state index in [2.05, 4.69) is 30.1 Å². The number of aliphatic carboxylic acids is 1. The Bertz CT molecular complexity index is 1350. The summed E-state index contributed by atoms with van der Waals surface area (Å²) >= 11 is 7.49. The Balaban J connectivity index is 0.000000176. The van der Waals surface area contributed by atoms with Gasteiger partial charge in [0.15, 0.2) is 0 Å². The number of aryl methyl sites for hydroxylation is 1. The number of rotatable bonds is 6. The van der Waals surface area contributed by atoms with Crippen LogP contribution in [0.25, 0.3) is 0 Å². The maximum absolute atomic E-state index is 10.6. The van der Waals surface area contributed by atoms with Gasteiger partial charge < -0.3 is 19.5 Å². The highest BCUT2D eigenvalue weighted by Crippen LogP contribution is 2.44. The monoisotopic (exact) mass is 580 g/mol. The summed E-state index contributed by atoms with van der Waals surface area (Å²) in [5, 5.41) is 15.2. The molecule has 0 amide bonds. The molecule has 3 aliphatic rings. The lowest BCUT2D eigenvalue weighted by atomic mass is 9.70. The molecule has 2 aliphatic carbocycles. The molecule has 0 unspecified atom stereocenters. The van der Waals surface area contributed by atoms with Crippen LogP contribution in [0, 0.1) is 5.92 Å². The number of benzene rings is 3. The molecule has 8 heteroatoms. The van der Waals surface area contributed by atoms with E-state index in [9.17, 15) is 4.79 Å². The van der Waals surface area contributed by atoms with Crippen LogP contribution >= 0.6 is 23.5 Å². The number of nitrogens with two attached hydrogens (primary N) is 1. The summed E-state index contributed by atoms with van der Waals surface area (Å²) in [4.78, 5) is 13.9. The standard InChI is InChI=1S/C19H21ClN2OS.C13H16O3/c1-22-11-19(8-2-3-13-9-14(20)4-6-16(13)19)12-23-18-7-5-15(24-21)10-17(18)22;14-13(15)8-11-5-2-6-12(7-11)16-9-10-3-1-4-10/h4-7,9-10H,2-3,8,11-12,21H2,1H3;2,5-7,10H,1,3-4,8-9H2,(H,14,15)/t19-;/m0./s1. The van der Waals surface area contributed by atoms with Crippen LogP contribution in [0.2, 0.25) is 5.02 Å². The molecule has 1 atom stereocenters. The average Bonchev–Trinajstić information content (AvgIpc) is 3.04. The van der Waals surface area contributed by atoms with Crippen LogP contribution in [0.15, 0.2) is 65.6 Å². The lowest BCUT2D eigenvalue weighted by Crippen LogP contribution is -2.44. The van der Waals surface area contributed by atoms with Crippen molar-refractivity contribution in [2.75, 3.05) is 31.7 Å². The minimum absolute atomic E-state index is 0.0158. The maximum atomic E-state index is 10.6. The maximum Gasteiger partial charge on any atom is 0.307 e. The zero-order valence-electron chi connectivity index (χ0n) is 22.9. The molecule has 0 bridgehead atoms. The van der Waals surface area contributed by atoms with Gasteiger partial charge in [-0.05, 0) is 109 Å². The highest BCUT2D eigenvalue weighted by Gasteiger charge is 2.40. The van der Waals surface area contributed by atoms with E-state index in [1.165, 1.54) is 48.8 Å². The fourth-order valence-corrected chi connectivity index (χ4v) is 6.46. The Labute approximate surface area is 245 Å². The Morgan fingerprint density at radius 3 is 2.77 bits per heavy atom. The third-order valence-corrected chi connectivity index (χ3v) is 8.99. The zero-order chi connectivity index (χ0) is 28.1. The van der Waals surface area contributed by atoms with Crippen molar-refractivity contribution < 1.29 is 19.4 Å². The summed E-state index contributed by atoms with van der Waals surface area (Å²) in [6.45, 7) is 2.40. The molecule has 6 nitrogen and oxygen atoms in total. The molecular formula is C32H37ClN2O4S. The molecule has 0 aromatic heterocycles. The van der Waals surface area contributed by atoms with Crippen LogP contribution in [0.1, 0.15) is 48.8 Å². The van der Waals surface area contributed by atoms with Gasteiger partial charge in [0.25, 0.3) is 0 Å². The summed E-state index contributed by atoms with van der Waals surface area (Å²) in [7, 11) is 2.14. The number of nitrogens with zero attached hydrogens (tertiary/aromatic N) is 1. The molecule has 0 radical (unpaired) electrons. The van der Waals surface area contributed by atoms with Crippen molar-refractivity contribution in [3.05, 3.63) is 82.4 Å². The van der Waals surface area contributed by atoms with Gasteiger partial charge in [-0.2, -0.15) is 0 Å². The lowest BCUT2D eigenvalue weighted by Gasteiger charge is -2.39. The Kier molecular flexibility index (Phi) is 9.13.